The fourth-order valence-electron chi connectivity index (χ4n) is 2.57. The number of carbonyl (C=O) groups excluding carboxylic acids is 1. The first-order valence-corrected chi connectivity index (χ1v) is 6.84. The van der Waals surface area contributed by atoms with Crippen LogP contribution in [0.1, 0.15) is 31.2 Å². The lowest BCUT2D eigenvalue weighted by atomic mass is 9.85. The quantitative estimate of drug-likeness (QED) is 0.676. The number of rotatable bonds is 6. The predicted molar refractivity (Wildman–Crippen MR) is 71.1 cm³/mol. The summed E-state index contributed by atoms with van der Waals surface area (Å²) in [7, 11) is 0. The Morgan fingerprint density at radius 1 is 1.47 bits per heavy atom. The molecule has 0 unspecified atom stereocenters. The Hall–Kier alpha value is -1.40. The molecule has 1 aliphatic carbocycles. The van der Waals surface area contributed by atoms with Crippen molar-refractivity contribution in [2.75, 3.05) is 6.61 Å². The molecule has 0 spiro atoms. The Kier molecular flexibility index (Phi) is 4.93. The van der Waals surface area contributed by atoms with Gasteiger partial charge in [-0.25, -0.2) is 0 Å². The number of nitrogens with two attached hydrogens (primary N) is 1. The van der Waals surface area contributed by atoms with E-state index < -0.39 is 0 Å². The third kappa shape index (κ3) is 4.04. The van der Waals surface area contributed by atoms with E-state index in [-0.39, 0.29) is 18.4 Å². The first kappa shape index (κ1) is 14.0. The highest BCUT2D eigenvalue weighted by atomic mass is 16.3. The summed E-state index contributed by atoms with van der Waals surface area (Å²) >= 11 is 0. The van der Waals surface area contributed by atoms with Crippen LogP contribution in [0.2, 0.25) is 0 Å². The van der Waals surface area contributed by atoms with Crippen molar-refractivity contribution >= 4 is 5.91 Å². The lowest BCUT2D eigenvalue weighted by molar-refractivity contribution is -0.122. The molecule has 0 aliphatic heterocycles. The van der Waals surface area contributed by atoms with Gasteiger partial charge in [-0.2, -0.15) is 5.10 Å². The molecule has 6 heteroatoms. The predicted octanol–water partition coefficient (Wildman–Crippen LogP) is 0.00910. The Bertz CT molecular complexity index is 411. The Labute approximate surface area is 113 Å². The summed E-state index contributed by atoms with van der Waals surface area (Å²) in [5.41, 5.74) is 6.43. The topological polar surface area (TPSA) is 93.2 Å². The molecule has 0 radical (unpaired) electrons. The molecule has 1 heterocycles. The van der Waals surface area contributed by atoms with Crippen molar-refractivity contribution in [2.45, 2.75) is 44.8 Å². The summed E-state index contributed by atoms with van der Waals surface area (Å²) in [4.78, 5) is 11.1. The third-order valence-corrected chi connectivity index (χ3v) is 3.74. The van der Waals surface area contributed by atoms with E-state index in [9.17, 15) is 4.79 Å². The third-order valence-electron chi connectivity index (χ3n) is 3.74. The van der Waals surface area contributed by atoms with E-state index in [4.69, 9.17) is 10.8 Å². The number of amides is 1. The maximum Gasteiger partial charge on any atom is 0.220 e. The summed E-state index contributed by atoms with van der Waals surface area (Å²) < 4.78 is 1.74. The van der Waals surface area contributed by atoms with Crippen molar-refractivity contribution in [3.63, 3.8) is 0 Å². The van der Waals surface area contributed by atoms with Gasteiger partial charge >= 0.3 is 0 Å². The van der Waals surface area contributed by atoms with E-state index >= 15 is 0 Å². The molecule has 0 aromatic carbocycles. The Balaban J connectivity index is 1.72. The number of aliphatic hydroxyl groups excluding tert-OH is 1. The van der Waals surface area contributed by atoms with E-state index in [1.165, 1.54) is 0 Å². The van der Waals surface area contributed by atoms with Gasteiger partial charge in [-0.1, -0.05) is 0 Å². The summed E-state index contributed by atoms with van der Waals surface area (Å²) in [6.07, 6.45) is 7.53. The standard InChI is InChI=1S/C13H22N4O2/c14-13(19)11-1-3-12(4-2-11)15-7-10-8-16-17(9-10)5-6-18/h8-9,11-12,15,18H,1-7H2,(H2,14,19). The maximum absolute atomic E-state index is 11.1. The van der Waals surface area contributed by atoms with Crippen LogP contribution >= 0.6 is 0 Å². The zero-order chi connectivity index (χ0) is 13.7. The number of carbonyl (C=O) groups is 1. The van der Waals surface area contributed by atoms with Gasteiger partial charge in [0.1, 0.15) is 0 Å². The van der Waals surface area contributed by atoms with Crippen LogP contribution < -0.4 is 11.1 Å². The van der Waals surface area contributed by atoms with Gasteiger partial charge in [0.05, 0.1) is 19.3 Å². The van der Waals surface area contributed by atoms with Crippen molar-refractivity contribution in [3.8, 4) is 0 Å². The molecule has 1 aromatic heterocycles. The minimum absolute atomic E-state index is 0.0605. The van der Waals surface area contributed by atoms with Crippen molar-refractivity contribution < 1.29 is 9.90 Å². The zero-order valence-corrected chi connectivity index (χ0v) is 11.1. The molecular formula is C13H22N4O2. The molecule has 1 aromatic rings. The van der Waals surface area contributed by atoms with Crippen molar-refractivity contribution in [1.82, 2.24) is 15.1 Å². The number of hydrogen-bond acceptors (Lipinski definition) is 4. The molecule has 4 N–H and O–H groups in total. The van der Waals surface area contributed by atoms with E-state index in [1.807, 2.05) is 12.4 Å². The van der Waals surface area contributed by atoms with Crippen LogP contribution in [0.15, 0.2) is 12.4 Å². The van der Waals surface area contributed by atoms with E-state index in [0.29, 0.717) is 12.6 Å². The highest BCUT2D eigenvalue weighted by Crippen LogP contribution is 2.24. The first-order chi connectivity index (χ1) is 9.19. The lowest BCUT2D eigenvalue weighted by Crippen LogP contribution is -2.36. The van der Waals surface area contributed by atoms with Crippen molar-refractivity contribution in [1.29, 1.82) is 0 Å². The van der Waals surface area contributed by atoms with Crippen LogP contribution in [0, 0.1) is 5.92 Å². The molecule has 2 rings (SSSR count). The lowest BCUT2D eigenvalue weighted by Gasteiger charge is -2.27. The van der Waals surface area contributed by atoms with Crippen LogP contribution in [-0.4, -0.2) is 33.4 Å². The second kappa shape index (κ2) is 6.68. The fraction of sp³-hybridized carbons (Fsp3) is 0.692. The van der Waals surface area contributed by atoms with Crippen LogP contribution in [0.4, 0.5) is 0 Å². The van der Waals surface area contributed by atoms with Gasteiger partial charge in [-0.3, -0.25) is 9.48 Å². The maximum atomic E-state index is 11.1. The van der Waals surface area contributed by atoms with Gasteiger partial charge in [-0.05, 0) is 25.7 Å². The summed E-state index contributed by atoms with van der Waals surface area (Å²) in [5.74, 6) is -0.103. The molecule has 1 fully saturated rings. The zero-order valence-electron chi connectivity index (χ0n) is 11.1. The number of aliphatic hydroxyl groups is 1. The second-order valence-corrected chi connectivity index (χ2v) is 5.17. The van der Waals surface area contributed by atoms with Crippen molar-refractivity contribution in [3.05, 3.63) is 18.0 Å². The average molecular weight is 266 g/mol. The molecule has 1 amide bonds. The largest absolute Gasteiger partial charge is 0.394 e. The normalized spacial score (nSPS) is 23.4. The molecule has 19 heavy (non-hydrogen) atoms. The number of nitrogens with zero attached hydrogens (tertiary/aromatic N) is 2. The highest BCUT2D eigenvalue weighted by molar-refractivity contribution is 5.76. The van der Waals surface area contributed by atoms with Gasteiger partial charge in [0.25, 0.3) is 0 Å². The van der Waals surface area contributed by atoms with E-state index in [1.54, 1.807) is 4.68 Å². The number of nitrogens with one attached hydrogen (secondary N) is 1. The monoisotopic (exact) mass is 266 g/mol. The van der Waals surface area contributed by atoms with Crippen LogP contribution in [0.5, 0.6) is 0 Å². The molecule has 0 bridgehead atoms. The Morgan fingerprint density at radius 2 is 2.21 bits per heavy atom. The fourth-order valence-corrected chi connectivity index (χ4v) is 2.57. The number of aromatic nitrogens is 2. The van der Waals surface area contributed by atoms with Crippen molar-refractivity contribution in [2.24, 2.45) is 11.7 Å². The molecule has 0 saturated heterocycles. The van der Waals surface area contributed by atoms with Gasteiger partial charge in [-0.15, -0.1) is 0 Å². The van der Waals surface area contributed by atoms with E-state index in [2.05, 4.69) is 10.4 Å². The Morgan fingerprint density at radius 3 is 2.84 bits per heavy atom. The van der Waals surface area contributed by atoms with Gasteiger partial charge in [0.15, 0.2) is 0 Å². The molecular weight excluding hydrogens is 244 g/mol. The van der Waals surface area contributed by atoms with Crippen LogP contribution in [0.25, 0.3) is 0 Å². The minimum atomic E-state index is -0.163. The first-order valence-electron chi connectivity index (χ1n) is 6.84. The summed E-state index contributed by atoms with van der Waals surface area (Å²) in [6.45, 7) is 1.41. The van der Waals surface area contributed by atoms with Gasteiger partial charge < -0.3 is 16.2 Å². The van der Waals surface area contributed by atoms with E-state index in [0.717, 1.165) is 37.8 Å². The van der Waals surface area contributed by atoms with Gasteiger partial charge in [0.2, 0.25) is 5.91 Å². The molecule has 1 saturated carbocycles. The summed E-state index contributed by atoms with van der Waals surface area (Å²) in [6, 6.07) is 0.455. The average Bonchev–Trinajstić information content (AvgIpc) is 2.85. The molecule has 6 nitrogen and oxygen atoms in total. The van der Waals surface area contributed by atoms with Crippen LogP contribution in [-0.2, 0) is 17.9 Å². The molecule has 106 valence electrons. The minimum Gasteiger partial charge on any atom is -0.394 e. The highest BCUT2D eigenvalue weighted by Gasteiger charge is 2.24. The molecule has 1 aliphatic rings. The second-order valence-electron chi connectivity index (χ2n) is 5.17. The van der Waals surface area contributed by atoms with Crippen LogP contribution in [0.3, 0.4) is 0 Å². The molecule has 0 atom stereocenters. The SMILES string of the molecule is NC(=O)C1CCC(NCc2cnn(CCO)c2)CC1. The number of hydrogen-bond donors (Lipinski definition) is 3. The summed E-state index contributed by atoms with van der Waals surface area (Å²) in [5, 5.41) is 16.5. The smallest absolute Gasteiger partial charge is 0.220 e. The van der Waals surface area contributed by atoms with Gasteiger partial charge in [0, 0.05) is 30.3 Å². The number of primary amides is 1.